The average Bonchev–Trinajstić information content (AvgIpc) is 2.37. The van der Waals surface area contributed by atoms with Gasteiger partial charge in [-0.1, -0.05) is 0 Å². The molecule has 0 amide bonds. The van der Waals surface area contributed by atoms with E-state index in [-0.39, 0.29) is 0 Å². The molecule has 122 valence electrons. The van der Waals surface area contributed by atoms with Gasteiger partial charge in [0, 0.05) is 27.4 Å². The molecule has 0 fully saturated rings. The molecule has 8 heteroatoms. The zero-order valence-corrected chi connectivity index (χ0v) is 18.1. The molecule has 4 nitrogen and oxygen atoms in total. The van der Waals surface area contributed by atoms with Gasteiger partial charge in [-0.3, -0.25) is 0 Å². The summed E-state index contributed by atoms with van der Waals surface area (Å²) in [4.78, 5) is 0. The Morgan fingerprint density at radius 1 is 0.900 bits per heavy atom. The molecule has 0 spiro atoms. The highest BCUT2D eigenvalue weighted by atomic mass is 32.2. The molecule has 0 aromatic carbocycles. The number of hydrogen-bond acceptors (Lipinski definition) is 5. The summed E-state index contributed by atoms with van der Waals surface area (Å²) in [6.07, 6.45) is 1.08. The van der Waals surface area contributed by atoms with Crippen molar-refractivity contribution in [1.29, 1.82) is 0 Å². The normalized spacial score (nSPS) is 13.2. The topological polar surface area (TPSA) is 36.9 Å². The van der Waals surface area contributed by atoms with E-state index in [0.717, 1.165) is 18.2 Å². The molecule has 0 aliphatic carbocycles. The number of thioether (sulfide) groups is 1. The van der Waals surface area contributed by atoms with Gasteiger partial charge in [0.25, 0.3) is 0 Å². The van der Waals surface area contributed by atoms with Gasteiger partial charge >= 0.3 is 8.80 Å². The molecular weight excluding hydrogens is 324 g/mol. The van der Waals surface area contributed by atoms with Crippen LogP contribution < -0.4 is 0 Å². The van der Waals surface area contributed by atoms with E-state index < -0.39 is 26.2 Å². The van der Waals surface area contributed by atoms with Crippen molar-refractivity contribution >= 4 is 37.9 Å². The fourth-order valence-corrected chi connectivity index (χ4v) is 12.7. The van der Waals surface area contributed by atoms with Crippen LogP contribution in [0.4, 0.5) is 0 Å². The van der Waals surface area contributed by atoms with Crippen molar-refractivity contribution in [2.45, 2.75) is 44.7 Å². The fraction of sp³-hybridized carbons (Fsp3) is 1.00. The van der Waals surface area contributed by atoms with E-state index in [1.165, 1.54) is 11.8 Å². The van der Waals surface area contributed by atoms with Crippen LogP contribution in [0.5, 0.6) is 0 Å². The van der Waals surface area contributed by atoms with Gasteiger partial charge in [0.15, 0.2) is 17.4 Å². The van der Waals surface area contributed by atoms with Crippen molar-refractivity contribution in [3.63, 3.8) is 0 Å². The first-order valence-electron chi connectivity index (χ1n) is 7.22. The molecule has 0 atom stereocenters. The number of rotatable bonds is 12. The lowest BCUT2D eigenvalue weighted by Crippen LogP contribution is -2.42. The maximum Gasteiger partial charge on any atom is 0.500 e. The summed E-state index contributed by atoms with van der Waals surface area (Å²) in [6, 6.07) is 2.13. The summed E-state index contributed by atoms with van der Waals surface area (Å²) < 4.78 is 22.4. The standard InChI is InChI=1S/C12H32O4SSi3/c1-13-20(14-2,15-3)11-8-9-17-10-12-19(6,7)16-18(4)5/h18H,8-12H2,1-7H3. The zero-order chi connectivity index (χ0) is 15.6. The lowest BCUT2D eigenvalue weighted by atomic mass is 10.6. The minimum atomic E-state index is -2.36. The van der Waals surface area contributed by atoms with Gasteiger partial charge in [-0.25, -0.2) is 0 Å². The van der Waals surface area contributed by atoms with Crippen molar-refractivity contribution in [1.82, 2.24) is 0 Å². The van der Waals surface area contributed by atoms with Crippen LogP contribution in [0, 0.1) is 0 Å². The van der Waals surface area contributed by atoms with Crippen LogP contribution >= 0.6 is 11.8 Å². The molecule has 0 radical (unpaired) electrons. The first kappa shape index (κ1) is 20.8. The summed E-state index contributed by atoms with van der Waals surface area (Å²) in [5.41, 5.74) is 0. The molecule has 0 aliphatic heterocycles. The summed E-state index contributed by atoms with van der Waals surface area (Å²) in [5.74, 6) is 2.33. The maximum atomic E-state index is 6.16. The van der Waals surface area contributed by atoms with Crippen molar-refractivity contribution < 1.29 is 17.4 Å². The Morgan fingerprint density at radius 2 is 1.45 bits per heavy atom. The van der Waals surface area contributed by atoms with E-state index in [1.54, 1.807) is 21.3 Å². The van der Waals surface area contributed by atoms with Crippen LogP contribution in [0.3, 0.4) is 0 Å². The third kappa shape index (κ3) is 8.98. The molecule has 0 N–H and O–H groups in total. The van der Waals surface area contributed by atoms with Crippen LogP contribution in [0.1, 0.15) is 6.42 Å². The van der Waals surface area contributed by atoms with Gasteiger partial charge < -0.3 is 17.4 Å². The smallest absolute Gasteiger partial charge is 0.458 e. The van der Waals surface area contributed by atoms with E-state index in [4.69, 9.17) is 17.4 Å². The second kappa shape index (κ2) is 10.5. The van der Waals surface area contributed by atoms with Crippen LogP contribution in [0.2, 0.25) is 38.3 Å². The Hall–Kier alpha value is 0.841. The van der Waals surface area contributed by atoms with Gasteiger partial charge in [-0.2, -0.15) is 11.8 Å². The Balaban J connectivity index is 3.77. The molecule has 0 unspecified atom stereocenters. The van der Waals surface area contributed by atoms with Crippen LogP contribution in [-0.4, -0.2) is 59.0 Å². The fourth-order valence-electron chi connectivity index (χ4n) is 2.06. The monoisotopic (exact) mass is 356 g/mol. The summed E-state index contributed by atoms with van der Waals surface area (Å²) in [7, 11) is 0.367. The Kier molecular flexibility index (Phi) is 11.0. The Morgan fingerprint density at radius 3 is 1.90 bits per heavy atom. The van der Waals surface area contributed by atoms with Crippen LogP contribution in [0.25, 0.3) is 0 Å². The molecule has 0 saturated heterocycles. The highest BCUT2D eigenvalue weighted by Crippen LogP contribution is 2.20. The molecule has 0 heterocycles. The van der Waals surface area contributed by atoms with Gasteiger partial charge in [-0.15, -0.1) is 0 Å². The molecule has 0 aliphatic rings. The predicted molar refractivity (Wildman–Crippen MR) is 95.8 cm³/mol. The molecular formula is C12H32O4SSi3. The summed E-state index contributed by atoms with van der Waals surface area (Å²) >= 11 is 2.01. The molecule has 0 saturated carbocycles. The third-order valence-corrected chi connectivity index (χ3v) is 13.3. The van der Waals surface area contributed by atoms with E-state index in [2.05, 4.69) is 26.2 Å². The Bertz CT molecular complexity index is 243. The van der Waals surface area contributed by atoms with Gasteiger partial charge in [-0.05, 0) is 50.2 Å². The van der Waals surface area contributed by atoms with Gasteiger partial charge in [0.1, 0.15) is 0 Å². The second-order valence-electron chi connectivity index (χ2n) is 5.69. The predicted octanol–water partition coefficient (Wildman–Crippen LogP) is 3.19. The highest BCUT2D eigenvalue weighted by molar-refractivity contribution is 7.99. The minimum absolute atomic E-state index is 0.888. The lowest BCUT2D eigenvalue weighted by Gasteiger charge is -2.26. The van der Waals surface area contributed by atoms with Gasteiger partial charge in [0.2, 0.25) is 0 Å². The molecule has 0 bridgehead atoms. The third-order valence-electron chi connectivity index (χ3n) is 3.11. The zero-order valence-electron chi connectivity index (χ0n) is 14.2. The van der Waals surface area contributed by atoms with Crippen LogP contribution in [-0.2, 0) is 17.4 Å². The summed E-state index contributed by atoms with van der Waals surface area (Å²) in [6.45, 7) is 9.18. The molecule has 0 aromatic heterocycles. The second-order valence-corrected chi connectivity index (χ2v) is 17.1. The van der Waals surface area contributed by atoms with Crippen molar-refractivity contribution in [3.05, 3.63) is 0 Å². The SMILES string of the molecule is CO[Si](CCCSCC[Si](C)(C)O[SiH](C)C)(OC)OC. The summed E-state index contributed by atoms with van der Waals surface area (Å²) in [5, 5.41) is 0. The number of hydrogen-bond donors (Lipinski definition) is 0. The first-order chi connectivity index (χ1) is 9.31. The van der Waals surface area contributed by atoms with E-state index in [9.17, 15) is 0 Å². The van der Waals surface area contributed by atoms with E-state index in [0.29, 0.717) is 0 Å². The Labute approximate surface area is 133 Å². The molecule has 20 heavy (non-hydrogen) atoms. The van der Waals surface area contributed by atoms with Gasteiger partial charge in [0.05, 0.1) is 0 Å². The largest absolute Gasteiger partial charge is 0.500 e. The quantitative estimate of drug-likeness (QED) is 0.396. The van der Waals surface area contributed by atoms with Crippen LogP contribution in [0.15, 0.2) is 0 Å². The lowest BCUT2D eigenvalue weighted by molar-refractivity contribution is 0.123. The highest BCUT2D eigenvalue weighted by Gasteiger charge is 2.36. The average molecular weight is 357 g/mol. The minimum Gasteiger partial charge on any atom is -0.458 e. The maximum absolute atomic E-state index is 6.16. The molecule has 0 aromatic rings. The van der Waals surface area contributed by atoms with Crippen molar-refractivity contribution in [3.8, 4) is 0 Å². The van der Waals surface area contributed by atoms with Crippen molar-refractivity contribution in [2.24, 2.45) is 0 Å². The van der Waals surface area contributed by atoms with E-state index >= 15 is 0 Å². The van der Waals surface area contributed by atoms with E-state index in [1.807, 2.05) is 11.8 Å². The molecule has 0 rings (SSSR count). The van der Waals surface area contributed by atoms with Crippen molar-refractivity contribution in [2.75, 3.05) is 32.8 Å². The first-order valence-corrected chi connectivity index (χ1v) is 16.2.